The number of nitrogens with zero attached hydrogens (tertiary/aromatic N) is 2. The lowest BCUT2D eigenvalue weighted by Gasteiger charge is -2.32. The second kappa shape index (κ2) is 14.8. The zero-order valence-electron chi connectivity index (χ0n) is 26.5. The molecule has 10 nitrogen and oxygen atoms in total. The molecule has 1 aromatic heterocycles. The molecule has 4 N–H and O–H groups in total. The van der Waals surface area contributed by atoms with E-state index in [1.807, 2.05) is 13.8 Å². The number of carbonyl (C=O) groups is 4. The zero-order chi connectivity index (χ0) is 32.0. The van der Waals surface area contributed by atoms with Gasteiger partial charge in [0.2, 0.25) is 17.7 Å². The Bertz CT molecular complexity index is 1330. The minimum absolute atomic E-state index is 0.00611. The maximum absolute atomic E-state index is 15.5. The van der Waals surface area contributed by atoms with E-state index >= 15 is 4.39 Å². The molecule has 2 aliphatic carbocycles. The molecule has 0 radical (unpaired) electrons. The van der Waals surface area contributed by atoms with Gasteiger partial charge in [-0.25, -0.2) is 4.39 Å². The van der Waals surface area contributed by atoms with Crippen LogP contribution in [0.4, 0.5) is 10.1 Å². The van der Waals surface area contributed by atoms with Crippen LogP contribution in [0.3, 0.4) is 0 Å². The maximum atomic E-state index is 15.5. The van der Waals surface area contributed by atoms with Crippen molar-refractivity contribution in [1.29, 1.82) is 0 Å². The van der Waals surface area contributed by atoms with Gasteiger partial charge in [-0.05, 0) is 81.0 Å². The number of nitrogens with one attached hydrogen (secondary N) is 4. The molecule has 4 amide bonds. The molecule has 2 saturated carbocycles. The van der Waals surface area contributed by atoms with Crippen LogP contribution < -0.4 is 21.3 Å². The van der Waals surface area contributed by atoms with E-state index in [1.54, 1.807) is 36.9 Å². The van der Waals surface area contributed by atoms with Gasteiger partial charge in [-0.3, -0.25) is 23.9 Å². The zero-order valence-corrected chi connectivity index (χ0v) is 26.5. The summed E-state index contributed by atoms with van der Waals surface area (Å²) in [6.07, 6.45) is 7.33. The summed E-state index contributed by atoms with van der Waals surface area (Å²) in [5.41, 5.74) is 0.850. The minimum atomic E-state index is -0.881. The van der Waals surface area contributed by atoms with Crippen LogP contribution in [-0.2, 0) is 20.9 Å². The molecule has 0 unspecified atom stereocenters. The van der Waals surface area contributed by atoms with Crippen molar-refractivity contribution in [3.63, 3.8) is 0 Å². The molecule has 0 bridgehead atoms. The molecule has 4 rings (SSSR count). The van der Waals surface area contributed by atoms with Gasteiger partial charge in [0.15, 0.2) is 0 Å². The highest BCUT2D eigenvalue weighted by Gasteiger charge is 2.35. The van der Waals surface area contributed by atoms with Crippen molar-refractivity contribution in [1.82, 2.24) is 25.7 Å². The first-order chi connectivity index (χ1) is 21.0. The molecule has 0 aliphatic heterocycles. The van der Waals surface area contributed by atoms with E-state index in [0.29, 0.717) is 29.6 Å². The third kappa shape index (κ3) is 8.24. The van der Waals surface area contributed by atoms with Crippen molar-refractivity contribution in [2.45, 2.75) is 110 Å². The van der Waals surface area contributed by atoms with E-state index in [2.05, 4.69) is 33.3 Å². The summed E-state index contributed by atoms with van der Waals surface area (Å²) >= 11 is 0. The summed E-state index contributed by atoms with van der Waals surface area (Å²) in [5.74, 6) is -1.76. The molecular formula is C33H47FN6O4. The molecule has 0 saturated heterocycles. The average Bonchev–Trinajstić information content (AvgIpc) is 3.76. The Balaban J connectivity index is 1.50. The number of rotatable bonds is 13. The molecule has 0 spiro atoms. The number of carbonyl (C=O) groups excluding carboxylic acids is 4. The Kier molecular flexibility index (Phi) is 11.2. The highest BCUT2D eigenvalue weighted by atomic mass is 19.1. The van der Waals surface area contributed by atoms with Crippen molar-refractivity contribution in [2.24, 2.45) is 17.8 Å². The number of aryl methyl sites for hydroxylation is 1. The monoisotopic (exact) mass is 610 g/mol. The van der Waals surface area contributed by atoms with Gasteiger partial charge >= 0.3 is 0 Å². The molecule has 4 atom stereocenters. The van der Waals surface area contributed by atoms with E-state index < -0.39 is 35.6 Å². The maximum Gasteiger partial charge on any atom is 0.270 e. The van der Waals surface area contributed by atoms with Crippen LogP contribution >= 0.6 is 0 Å². The fourth-order valence-electron chi connectivity index (χ4n) is 6.05. The number of aromatic nitrogens is 2. The third-order valence-corrected chi connectivity index (χ3v) is 9.25. The van der Waals surface area contributed by atoms with Crippen molar-refractivity contribution in [2.75, 3.05) is 5.32 Å². The Hall–Kier alpha value is -3.76. The molecule has 11 heteroatoms. The van der Waals surface area contributed by atoms with Crippen molar-refractivity contribution < 1.29 is 23.6 Å². The Morgan fingerprint density at radius 3 is 2.23 bits per heavy atom. The SMILES string of the molecule is CCC(=O)N[C@@H](C(=O)N[C@@H](C)C1CC1)[C@@H](C)c1ccc(NC(=O)[C@@H](NC(=O)c2ccnn2CC)[C@H]2CC[C@H](C)CC2)c(F)c1. The number of anilines is 1. The number of hydrogen-bond donors (Lipinski definition) is 4. The number of amides is 4. The second-order valence-electron chi connectivity index (χ2n) is 12.6. The van der Waals surface area contributed by atoms with Crippen molar-refractivity contribution in [3.8, 4) is 0 Å². The first-order valence-electron chi connectivity index (χ1n) is 16.0. The topological polar surface area (TPSA) is 134 Å². The minimum Gasteiger partial charge on any atom is -0.352 e. The smallest absolute Gasteiger partial charge is 0.270 e. The van der Waals surface area contributed by atoms with Gasteiger partial charge in [-0.2, -0.15) is 5.10 Å². The van der Waals surface area contributed by atoms with Crippen LogP contribution in [0.25, 0.3) is 0 Å². The molecule has 1 heterocycles. The standard InChI is InChI=1S/C33H47FN6O4/c1-6-28(41)38-29(32(43)36-21(5)22-12-13-22)20(4)24-14-15-26(25(34)18-24)37-33(44)30(23-10-8-19(3)9-11-23)39-31(42)27-16-17-35-40(27)7-2/h14-23,29-30H,6-13H2,1-5H3,(H,36,43)(H,37,44)(H,38,41)(H,39,42)/t19-,20-,21-,23-,29+,30-/m0/s1. The van der Waals surface area contributed by atoms with Crippen LogP contribution in [0.15, 0.2) is 30.5 Å². The first-order valence-corrected chi connectivity index (χ1v) is 16.0. The quantitative estimate of drug-likeness (QED) is 0.265. The highest BCUT2D eigenvalue weighted by molar-refractivity contribution is 6.00. The Morgan fingerprint density at radius 1 is 0.932 bits per heavy atom. The molecule has 1 aromatic carbocycles. The molecule has 2 fully saturated rings. The summed E-state index contributed by atoms with van der Waals surface area (Å²) in [6.45, 7) is 10.0. The van der Waals surface area contributed by atoms with Crippen LogP contribution in [0, 0.1) is 23.6 Å². The normalized spacial score (nSPS) is 21.0. The van der Waals surface area contributed by atoms with Crippen molar-refractivity contribution in [3.05, 3.63) is 47.5 Å². The van der Waals surface area contributed by atoms with E-state index in [4.69, 9.17) is 0 Å². The lowest BCUT2D eigenvalue weighted by Crippen LogP contribution is -2.51. The van der Waals surface area contributed by atoms with Gasteiger partial charge < -0.3 is 21.3 Å². The lowest BCUT2D eigenvalue weighted by atomic mass is 9.79. The second-order valence-corrected chi connectivity index (χ2v) is 12.6. The highest BCUT2D eigenvalue weighted by Crippen LogP contribution is 2.33. The largest absolute Gasteiger partial charge is 0.352 e. The van der Waals surface area contributed by atoms with Crippen LogP contribution in [0.5, 0.6) is 0 Å². The van der Waals surface area contributed by atoms with Crippen LogP contribution in [-0.4, -0.2) is 51.5 Å². The van der Waals surface area contributed by atoms with E-state index in [9.17, 15) is 19.2 Å². The van der Waals surface area contributed by atoms with Crippen LogP contribution in [0.2, 0.25) is 0 Å². The molecule has 240 valence electrons. The third-order valence-electron chi connectivity index (χ3n) is 9.25. The van der Waals surface area contributed by atoms with Gasteiger partial charge in [0.05, 0.1) is 5.69 Å². The summed E-state index contributed by atoms with van der Waals surface area (Å²) in [6, 6.07) is 4.29. The molecule has 44 heavy (non-hydrogen) atoms. The summed E-state index contributed by atoms with van der Waals surface area (Å²) < 4.78 is 17.1. The fraction of sp³-hybridized carbons (Fsp3) is 0.606. The van der Waals surface area contributed by atoms with E-state index in [-0.39, 0.29) is 35.9 Å². The average molecular weight is 611 g/mol. The van der Waals surface area contributed by atoms with Gasteiger partial charge in [-0.1, -0.05) is 39.7 Å². The summed E-state index contributed by atoms with van der Waals surface area (Å²) in [7, 11) is 0. The van der Waals surface area contributed by atoms with E-state index in [1.165, 1.54) is 12.1 Å². The van der Waals surface area contributed by atoms with Gasteiger partial charge in [0, 0.05) is 31.1 Å². The Labute approximate surface area is 259 Å². The predicted molar refractivity (Wildman–Crippen MR) is 166 cm³/mol. The molecule has 2 aliphatic rings. The van der Waals surface area contributed by atoms with E-state index in [0.717, 1.165) is 38.5 Å². The van der Waals surface area contributed by atoms with Gasteiger partial charge in [-0.15, -0.1) is 0 Å². The molecule has 2 aromatic rings. The summed E-state index contributed by atoms with van der Waals surface area (Å²) in [4.78, 5) is 52.3. The lowest BCUT2D eigenvalue weighted by molar-refractivity contribution is -0.129. The first kappa shape index (κ1) is 33.1. The fourth-order valence-corrected chi connectivity index (χ4v) is 6.05. The number of benzene rings is 1. The van der Waals surface area contributed by atoms with Crippen molar-refractivity contribution >= 4 is 29.3 Å². The number of hydrogen-bond acceptors (Lipinski definition) is 5. The van der Waals surface area contributed by atoms with Crippen LogP contribution in [0.1, 0.15) is 102 Å². The molecular weight excluding hydrogens is 563 g/mol. The Morgan fingerprint density at radius 2 is 1.61 bits per heavy atom. The van der Waals surface area contributed by atoms with Gasteiger partial charge in [0.1, 0.15) is 23.6 Å². The predicted octanol–water partition coefficient (Wildman–Crippen LogP) is 4.52. The van der Waals surface area contributed by atoms with Gasteiger partial charge in [0.25, 0.3) is 5.91 Å². The number of halogens is 1. The summed E-state index contributed by atoms with van der Waals surface area (Å²) in [5, 5.41) is 15.6.